The van der Waals surface area contributed by atoms with Crippen LogP contribution in [0, 0.1) is 0 Å². The lowest BCUT2D eigenvalue weighted by atomic mass is 9.87. The molecule has 5 heterocycles. The first kappa shape index (κ1) is 32.8. The highest BCUT2D eigenvalue weighted by Crippen LogP contribution is 2.34. The summed E-state index contributed by atoms with van der Waals surface area (Å²) >= 11 is 0. The maximum absolute atomic E-state index is 5.11. The molecule has 0 amide bonds. The SMILES string of the molecule is C=C/C=C(\C=C)C1=CCC(c2ccc(-c3cc(-c4ccncc4)nc(-c4ccc(-n5c6ccccc6c6ncccc65)nc4)c3)cc2)C=C1.I. The molecule has 0 bridgehead atoms. The molecule has 0 radical (unpaired) electrons. The van der Waals surface area contributed by atoms with Crippen LogP contribution >= 0.6 is 24.0 Å². The van der Waals surface area contributed by atoms with Crippen LogP contribution in [0.2, 0.25) is 0 Å². The second kappa shape index (κ2) is 14.4. The van der Waals surface area contributed by atoms with Gasteiger partial charge in [0.15, 0.2) is 0 Å². The van der Waals surface area contributed by atoms with Gasteiger partial charge in [0.25, 0.3) is 0 Å². The lowest BCUT2D eigenvalue weighted by Crippen LogP contribution is -2.00. The molecule has 8 rings (SSSR count). The van der Waals surface area contributed by atoms with Crippen molar-refractivity contribution < 1.29 is 0 Å². The lowest BCUT2D eigenvalue weighted by molar-refractivity contribution is 0.847. The molecule has 6 heteroatoms. The molecule has 1 aliphatic carbocycles. The zero-order valence-corrected chi connectivity index (χ0v) is 29.7. The largest absolute Gasteiger partial charge is 0.292 e. The molecular formula is C44H34IN5. The molecule has 0 aliphatic heterocycles. The van der Waals surface area contributed by atoms with Crippen LogP contribution in [-0.2, 0) is 0 Å². The van der Waals surface area contributed by atoms with Crippen LogP contribution in [0.5, 0.6) is 0 Å². The maximum Gasteiger partial charge on any atom is 0.137 e. The Morgan fingerprint density at radius 2 is 1.50 bits per heavy atom. The van der Waals surface area contributed by atoms with E-state index in [9.17, 15) is 0 Å². The number of halogens is 1. The molecule has 0 fully saturated rings. The third kappa shape index (κ3) is 6.26. The first-order valence-corrected chi connectivity index (χ1v) is 16.4. The third-order valence-electron chi connectivity index (χ3n) is 9.12. The molecule has 5 aromatic heterocycles. The van der Waals surface area contributed by atoms with E-state index in [1.165, 1.54) is 11.1 Å². The quantitative estimate of drug-likeness (QED) is 0.114. The van der Waals surface area contributed by atoms with Crippen LogP contribution in [-0.4, -0.2) is 24.5 Å². The summed E-state index contributed by atoms with van der Waals surface area (Å²) in [5.74, 6) is 1.16. The summed E-state index contributed by atoms with van der Waals surface area (Å²) < 4.78 is 2.17. The van der Waals surface area contributed by atoms with E-state index in [2.05, 4.69) is 119 Å². The number of hydrogen-bond acceptors (Lipinski definition) is 4. The fourth-order valence-corrected chi connectivity index (χ4v) is 6.63. The van der Waals surface area contributed by atoms with Crippen molar-refractivity contribution in [2.75, 3.05) is 0 Å². The Hall–Kier alpha value is -5.73. The number of benzene rings is 2. The molecule has 0 N–H and O–H groups in total. The Bertz CT molecular complexity index is 2380. The van der Waals surface area contributed by atoms with Gasteiger partial charge in [-0.3, -0.25) is 14.5 Å². The van der Waals surface area contributed by atoms with E-state index in [4.69, 9.17) is 9.97 Å². The number of para-hydroxylation sites is 1. The van der Waals surface area contributed by atoms with Gasteiger partial charge in [0.1, 0.15) is 5.82 Å². The molecule has 1 aliphatic rings. The van der Waals surface area contributed by atoms with Gasteiger partial charge in [-0.1, -0.05) is 92.1 Å². The third-order valence-corrected chi connectivity index (χ3v) is 9.12. The van der Waals surface area contributed by atoms with Gasteiger partial charge >= 0.3 is 0 Å². The Kier molecular flexibility index (Phi) is 9.45. The molecule has 1 unspecified atom stereocenters. The van der Waals surface area contributed by atoms with Gasteiger partial charge in [0, 0.05) is 47.2 Å². The first-order valence-electron chi connectivity index (χ1n) is 16.4. The Morgan fingerprint density at radius 1 is 0.740 bits per heavy atom. The Balaban J connectivity index is 0.00000392. The summed E-state index contributed by atoms with van der Waals surface area (Å²) in [4.78, 5) is 19.0. The van der Waals surface area contributed by atoms with Gasteiger partial charge in [-0.25, -0.2) is 9.97 Å². The molecule has 0 spiro atoms. The van der Waals surface area contributed by atoms with Crippen molar-refractivity contribution in [1.29, 1.82) is 0 Å². The molecular weight excluding hydrogens is 725 g/mol. The highest BCUT2D eigenvalue weighted by atomic mass is 127. The molecule has 2 aromatic carbocycles. The van der Waals surface area contributed by atoms with Crippen molar-refractivity contribution in [2.45, 2.75) is 12.3 Å². The monoisotopic (exact) mass is 759 g/mol. The van der Waals surface area contributed by atoms with Crippen molar-refractivity contribution in [3.05, 3.63) is 188 Å². The first-order chi connectivity index (χ1) is 24.2. The van der Waals surface area contributed by atoms with Crippen LogP contribution in [0.1, 0.15) is 17.9 Å². The summed E-state index contributed by atoms with van der Waals surface area (Å²) in [7, 11) is 0. The minimum atomic E-state index is 0. The predicted octanol–water partition coefficient (Wildman–Crippen LogP) is 11.3. The maximum atomic E-state index is 5.11. The van der Waals surface area contributed by atoms with Crippen molar-refractivity contribution >= 4 is 45.9 Å². The molecule has 242 valence electrons. The van der Waals surface area contributed by atoms with Gasteiger partial charge in [-0.15, -0.1) is 24.0 Å². The second-order valence-electron chi connectivity index (χ2n) is 12.0. The van der Waals surface area contributed by atoms with E-state index in [-0.39, 0.29) is 24.0 Å². The fourth-order valence-electron chi connectivity index (χ4n) is 6.63. The molecule has 0 saturated heterocycles. The van der Waals surface area contributed by atoms with Gasteiger partial charge in [-0.2, -0.15) is 0 Å². The van der Waals surface area contributed by atoms with Gasteiger partial charge < -0.3 is 0 Å². The summed E-state index contributed by atoms with van der Waals surface area (Å²) in [6, 6.07) is 33.7. The standard InChI is InChI=1S/C44H33N5.HI/c1-3-8-30(4-2)31-12-14-32(15-13-31)33-16-18-34(19-17-33)37-27-39(35-22-25-45-26-23-35)48-40(28-37)36-20-21-43(47-29-36)49-41-10-6-5-9-38(41)44-42(49)11-7-24-46-44;/h3-14,16-29,32H,1-2,15H2;1H/b30-8+;. The molecule has 0 saturated carbocycles. The van der Waals surface area contributed by atoms with E-state index in [0.29, 0.717) is 5.92 Å². The number of nitrogens with zero attached hydrogens (tertiary/aromatic N) is 5. The number of fused-ring (bicyclic) bond motifs is 3. The average molecular weight is 760 g/mol. The van der Waals surface area contributed by atoms with Crippen molar-refractivity contribution in [1.82, 2.24) is 24.5 Å². The van der Waals surface area contributed by atoms with E-state index >= 15 is 0 Å². The number of rotatable bonds is 8. The number of allylic oxidation sites excluding steroid dienone is 8. The zero-order valence-electron chi connectivity index (χ0n) is 27.4. The smallest absolute Gasteiger partial charge is 0.137 e. The molecule has 7 aromatic rings. The normalized spacial score (nSPS) is 14.3. The topological polar surface area (TPSA) is 56.5 Å². The molecule has 50 heavy (non-hydrogen) atoms. The minimum absolute atomic E-state index is 0. The highest BCUT2D eigenvalue weighted by molar-refractivity contribution is 14.0. The summed E-state index contributed by atoms with van der Waals surface area (Å²) in [5, 5.41) is 1.11. The van der Waals surface area contributed by atoms with E-state index in [0.717, 1.165) is 73.4 Å². The number of aromatic nitrogens is 5. The van der Waals surface area contributed by atoms with Crippen molar-refractivity contribution in [2.24, 2.45) is 0 Å². The fraction of sp³-hybridized carbons (Fsp3) is 0.0455. The summed E-state index contributed by atoms with van der Waals surface area (Å²) in [6.45, 7) is 7.78. The van der Waals surface area contributed by atoms with Crippen LogP contribution in [0.3, 0.4) is 0 Å². The Morgan fingerprint density at radius 3 is 2.22 bits per heavy atom. The van der Waals surface area contributed by atoms with E-state index < -0.39 is 0 Å². The average Bonchev–Trinajstić information content (AvgIpc) is 3.52. The summed E-state index contributed by atoms with van der Waals surface area (Å²) in [5.41, 5.74) is 12.5. The van der Waals surface area contributed by atoms with Gasteiger partial charge in [-0.05, 0) is 88.9 Å². The number of hydrogen-bond donors (Lipinski definition) is 0. The lowest BCUT2D eigenvalue weighted by Gasteiger charge is -2.18. The van der Waals surface area contributed by atoms with Gasteiger partial charge in [0.2, 0.25) is 0 Å². The highest BCUT2D eigenvalue weighted by Gasteiger charge is 2.16. The number of pyridine rings is 4. The Labute approximate surface area is 308 Å². The second-order valence-corrected chi connectivity index (χ2v) is 12.0. The van der Waals surface area contributed by atoms with Crippen LogP contribution in [0.15, 0.2) is 183 Å². The molecule has 5 nitrogen and oxygen atoms in total. The predicted molar refractivity (Wildman–Crippen MR) is 217 cm³/mol. The molecule has 1 atom stereocenters. The van der Waals surface area contributed by atoms with Crippen LogP contribution < -0.4 is 0 Å². The van der Waals surface area contributed by atoms with E-state index in [1.807, 2.05) is 48.8 Å². The van der Waals surface area contributed by atoms with Crippen molar-refractivity contribution in [3.8, 4) is 39.5 Å². The minimum Gasteiger partial charge on any atom is -0.292 e. The van der Waals surface area contributed by atoms with Crippen LogP contribution in [0.25, 0.3) is 61.4 Å². The van der Waals surface area contributed by atoms with Crippen LogP contribution in [0.4, 0.5) is 0 Å². The van der Waals surface area contributed by atoms with E-state index in [1.54, 1.807) is 18.5 Å². The zero-order chi connectivity index (χ0) is 33.2. The van der Waals surface area contributed by atoms with Gasteiger partial charge in [0.05, 0.1) is 27.9 Å². The van der Waals surface area contributed by atoms with Crippen molar-refractivity contribution in [3.63, 3.8) is 0 Å². The summed E-state index contributed by atoms with van der Waals surface area (Å²) in [6.07, 6.45) is 20.7.